The Morgan fingerprint density at radius 2 is 1.55 bits per heavy atom. The second-order valence-electron chi connectivity index (χ2n) is 12.6. The maximum Gasteiger partial charge on any atom is 0.508 e. The van der Waals surface area contributed by atoms with Gasteiger partial charge in [0.15, 0.2) is 0 Å². The Morgan fingerprint density at radius 1 is 0.878 bits per heavy atom. The number of carbonyl (C=O) groups is 3. The lowest BCUT2D eigenvalue weighted by molar-refractivity contribution is -0.143. The highest BCUT2D eigenvalue weighted by Crippen LogP contribution is 2.49. The highest BCUT2D eigenvalue weighted by molar-refractivity contribution is 6.24. The molecule has 0 radical (unpaired) electrons. The molecule has 6 aliphatic rings. The quantitative estimate of drug-likeness (QED) is 0.253. The summed E-state index contributed by atoms with van der Waals surface area (Å²) < 4.78 is 20.3. The number of ether oxygens (including phenoxy) is 4. The molecule has 0 aromatic rings. The van der Waals surface area contributed by atoms with E-state index >= 15 is 0 Å². The average Bonchev–Trinajstić information content (AvgIpc) is 3.83. The number of nitrogens with zero attached hydrogens (tertiary/aromatic N) is 3. The Morgan fingerprint density at radius 3 is 2.20 bits per heavy atom. The Bertz CT molecular complexity index is 1940. The van der Waals surface area contributed by atoms with Gasteiger partial charge in [0.05, 0.1) is 55.6 Å². The van der Waals surface area contributed by atoms with E-state index in [0.717, 1.165) is 33.8 Å². The Balaban J connectivity index is 1.63. The van der Waals surface area contributed by atoms with Crippen molar-refractivity contribution in [2.24, 2.45) is 32.7 Å². The molecule has 0 aromatic carbocycles. The minimum Gasteiger partial charge on any atom is -0.510 e. The summed E-state index contributed by atoms with van der Waals surface area (Å²) in [4.78, 5) is 52.8. The van der Waals surface area contributed by atoms with Crippen molar-refractivity contribution in [3.63, 3.8) is 0 Å². The third kappa shape index (κ3) is 5.58. The van der Waals surface area contributed by atoms with Crippen molar-refractivity contribution in [3.05, 3.63) is 91.5 Å². The van der Waals surface area contributed by atoms with E-state index in [4.69, 9.17) is 33.9 Å². The molecule has 0 spiro atoms. The monoisotopic (exact) mass is 668 g/mol. The van der Waals surface area contributed by atoms with Crippen molar-refractivity contribution in [2.45, 2.75) is 53.9 Å². The summed E-state index contributed by atoms with van der Waals surface area (Å²) in [5.74, 6) is -2.65. The normalized spacial score (nSPS) is 24.0. The molecule has 5 heterocycles. The predicted octanol–water partition coefficient (Wildman–Crippen LogP) is 5.79. The molecule has 5 aliphatic heterocycles. The van der Waals surface area contributed by atoms with Crippen molar-refractivity contribution in [2.75, 3.05) is 27.9 Å². The number of hydrogen-bond donors (Lipinski definition) is 2. The van der Waals surface area contributed by atoms with E-state index in [-0.39, 0.29) is 36.6 Å². The first-order chi connectivity index (χ1) is 23.4. The molecule has 49 heavy (non-hydrogen) atoms. The van der Waals surface area contributed by atoms with Gasteiger partial charge < -0.3 is 29.4 Å². The number of allylic oxidation sites excluding steroid dienone is 10. The molecular weight excluding hydrogens is 628 g/mol. The molecule has 256 valence electrons. The number of rotatable bonds is 7. The third-order valence-corrected chi connectivity index (χ3v) is 10.1. The lowest BCUT2D eigenvalue weighted by atomic mass is 9.84. The lowest BCUT2D eigenvalue weighted by Gasteiger charge is -2.20. The van der Waals surface area contributed by atoms with Crippen LogP contribution in [0.2, 0.25) is 0 Å². The Hall–Kier alpha value is -5.26. The van der Waals surface area contributed by atoms with E-state index in [1.54, 1.807) is 0 Å². The molecule has 1 saturated heterocycles. The second kappa shape index (κ2) is 13.0. The smallest absolute Gasteiger partial charge is 0.508 e. The second-order valence-corrected chi connectivity index (χ2v) is 12.6. The molecule has 0 amide bonds. The van der Waals surface area contributed by atoms with E-state index in [1.807, 2.05) is 45.9 Å². The number of methoxy groups -OCH3 is 3. The van der Waals surface area contributed by atoms with Crippen molar-refractivity contribution in [1.29, 1.82) is 0 Å². The van der Waals surface area contributed by atoms with Gasteiger partial charge in [-0.2, -0.15) is 0 Å². The number of carbonyl (C=O) groups excluding carboxylic acids is 3. The molecule has 8 bridgehead atoms. The van der Waals surface area contributed by atoms with E-state index < -0.39 is 18.0 Å². The van der Waals surface area contributed by atoms with Crippen molar-refractivity contribution < 1.29 is 38.4 Å². The van der Waals surface area contributed by atoms with Gasteiger partial charge in [-0.15, -0.1) is 0 Å². The molecule has 2 N–H and O–H groups in total. The van der Waals surface area contributed by atoms with Crippen LogP contribution < -0.4 is 5.32 Å². The fourth-order valence-electron chi connectivity index (χ4n) is 7.30. The van der Waals surface area contributed by atoms with Gasteiger partial charge in [0.25, 0.3) is 0 Å². The van der Waals surface area contributed by atoms with E-state index in [1.165, 1.54) is 21.3 Å². The maximum absolute atomic E-state index is 13.4. The van der Waals surface area contributed by atoms with Crippen LogP contribution in [0.3, 0.4) is 0 Å². The van der Waals surface area contributed by atoms with Crippen LogP contribution in [0.4, 0.5) is 4.79 Å². The van der Waals surface area contributed by atoms with E-state index in [2.05, 4.69) is 12.2 Å². The zero-order valence-electron chi connectivity index (χ0n) is 28.9. The molecule has 1 aliphatic carbocycles. The van der Waals surface area contributed by atoms with Crippen LogP contribution in [-0.2, 0) is 28.5 Å². The summed E-state index contributed by atoms with van der Waals surface area (Å²) in [6.07, 6.45) is 6.20. The van der Waals surface area contributed by atoms with Crippen LogP contribution in [0.5, 0.6) is 0 Å². The maximum atomic E-state index is 13.4. The van der Waals surface area contributed by atoms with Gasteiger partial charge in [-0.05, 0) is 74.1 Å². The van der Waals surface area contributed by atoms with Gasteiger partial charge in [-0.3, -0.25) is 9.59 Å². The van der Waals surface area contributed by atoms with Crippen LogP contribution in [-0.4, -0.2) is 68.3 Å². The summed E-state index contributed by atoms with van der Waals surface area (Å²) in [7, 11) is 3.90. The van der Waals surface area contributed by atoms with Crippen LogP contribution in [0.15, 0.2) is 106 Å². The standard InChI is InChI=1S/C37H40N4O8/c1-9-20-16(2)24-13-28-22(15-49-37(45)48-8)18(4)23(39-28)12-25-17(3)21(10-11-29(42)46-6)33(40-25)31-32(36(44)47-7)35(43)30-19(5)26(41-34(30)31)14-27(20)38-24/h12-14,17,21,32,40,43H,9-11,15H2,1-8H3/t17-,21-,32-/m0/s1. The summed E-state index contributed by atoms with van der Waals surface area (Å²) in [6, 6.07) is 0. The zero-order valence-corrected chi connectivity index (χ0v) is 28.9. The number of esters is 2. The molecule has 12 heteroatoms. The molecular formula is C37H40N4O8. The van der Waals surface area contributed by atoms with Crippen molar-refractivity contribution >= 4 is 35.2 Å². The largest absolute Gasteiger partial charge is 0.510 e. The summed E-state index contributed by atoms with van der Waals surface area (Å²) >= 11 is 0. The molecule has 6 rings (SSSR count). The minimum absolute atomic E-state index is 0.0578. The van der Waals surface area contributed by atoms with E-state index in [9.17, 15) is 19.5 Å². The zero-order chi connectivity index (χ0) is 35.3. The van der Waals surface area contributed by atoms with Gasteiger partial charge >= 0.3 is 18.1 Å². The number of aliphatic hydroxyl groups excluding tert-OH is 1. The summed E-state index contributed by atoms with van der Waals surface area (Å²) in [5, 5.41) is 15.3. The van der Waals surface area contributed by atoms with Gasteiger partial charge in [-0.1, -0.05) is 13.8 Å². The molecule has 3 atom stereocenters. The fourth-order valence-corrected chi connectivity index (χ4v) is 7.30. The Kier molecular flexibility index (Phi) is 8.91. The number of nitrogens with one attached hydrogen (secondary N) is 1. The third-order valence-electron chi connectivity index (χ3n) is 10.1. The summed E-state index contributed by atoms with van der Waals surface area (Å²) in [5.41, 5.74) is 10.5. The highest BCUT2D eigenvalue weighted by Gasteiger charge is 2.49. The number of hydrogen-bond acceptors (Lipinski definition) is 12. The van der Waals surface area contributed by atoms with Gasteiger partial charge in [0.2, 0.25) is 0 Å². The Labute approximate surface area is 284 Å². The molecule has 0 unspecified atom stereocenters. The van der Waals surface area contributed by atoms with Gasteiger partial charge in [-0.25, -0.2) is 19.8 Å². The molecule has 12 nitrogen and oxygen atoms in total. The highest BCUT2D eigenvalue weighted by atomic mass is 16.7. The van der Waals surface area contributed by atoms with Gasteiger partial charge in [0, 0.05) is 46.4 Å². The van der Waals surface area contributed by atoms with Crippen LogP contribution >= 0.6 is 0 Å². The van der Waals surface area contributed by atoms with E-state index in [0.29, 0.717) is 63.6 Å². The molecule has 1 fully saturated rings. The number of aliphatic imine (C=N–C) groups is 3. The molecule has 0 aromatic heterocycles. The SMILES string of the molecule is CCC1=C(C)C2=NC1=CC1=C(C)C3=C(O)[C@@H](C(=O)OC)C(=C4NC(=CC5=NC(=C2)C(COC(=O)OC)=C5C)[C@@H](C)[C@@H]4CCC(=O)OC)C3=N1. The summed E-state index contributed by atoms with van der Waals surface area (Å²) in [6.45, 7) is 9.84. The van der Waals surface area contributed by atoms with Gasteiger partial charge in [0.1, 0.15) is 18.3 Å². The van der Waals surface area contributed by atoms with Crippen molar-refractivity contribution in [1.82, 2.24) is 5.32 Å². The number of aliphatic hydroxyl groups is 1. The first kappa shape index (κ1) is 33.6. The van der Waals surface area contributed by atoms with Crippen molar-refractivity contribution in [3.8, 4) is 0 Å². The van der Waals surface area contributed by atoms with Crippen LogP contribution in [0.1, 0.15) is 53.9 Å². The minimum atomic E-state index is -1.11. The van der Waals surface area contributed by atoms with Crippen LogP contribution in [0.25, 0.3) is 0 Å². The molecule has 0 saturated carbocycles. The lowest BCUT2D eigenvalue weighted by Crippen LogP contribution is -2.25. The van der Waals surface area contributed by atoms with Crippen LogP contribution in [0, 0.1) is 17.8 Å². The predicted molar refractivity (Wildman–Crippen MR) is 183 cm³/mol. The fraction of sp³-hybridized carbons (Fsp3) is 0.405. The first-order valence-corrected chi connectivity index (χ1v) is 16.3. The first-order valence-electron chi connectivity index (χ1n) is 16.3. The number of fused-ring (bicyclic) bond motifs is 5. The topological polar surface area (TPSA) is 157 Å². The average molecular weight is 669 g/mol.